The van der Waals surface area contributed by atoms with E-state index in [9.17, 15) is 4.39 Å². The average molecular weight is 259 g/mol. The molecule has 1 fully saturated rings. The molecule has 0 aliphatic heterocycles. The molecule has 1 aliphatic rings. The molecule has 1 N–H and O–H groups in total. The second-order valence-electron chi connectivity index (χ2n) is 4.11. The molecule has 0 spiro atoms. The number of benzene rings is 1. The maximum Gasteiger partial charge on any atom is 0.124 e. The van der Waals surface area contributed by atoms with Crippen molar-refractivity contribution in [3.05, 3.63) is 34.1 Å². The molecule has 0 atom stereocenters. The second-order valence-corrected chi connectivity index (χ2v) is 5.03. The SMILES string of the molecule is OCC1(Cc2cc(F)cc(Br)c2)CC1. The molecule has 0 radical (unpaired) electrons. The lowest BCUT2D eigenvalue weighted by atomic mass is 9.97. The topological polar surface area (TPSA) is 20.2 Å². The summed E-state index contributed by atoms with van der Waals surface area (Å²) in [6, 6.07) is 4.90. The van der Waals surface area contributed by atoms with Crippen LogP contribution in [0.1, 0.15) is 18.4 Å². The minimum absolute atomic E-state index is 0.0488. The zero-order chi connectivity index (χ0) is 10.2. The van der Waals surface area contributed by atoms with Crippen LogP contribution in [-0.2, 0) is 6.42 Å². The van der Waals surface area contributed by atoms with E-state index in [4.69, 9.17) is 5.11 Å². The van der Waals surface area contributed by atoms with Crippen molar-refractivity contribution < 1.29 is 9.50 Å². The van der Waals surface area contributed by atoms with Gasteiger partial charge in [0.05, 0.1) is 0 Å². The van der Waals surface area contributed by atoms with Gasteiger partial charge in [-0.05, 0) is 48.4 Å². The second kappa shape index (κ2) is 3.63. The number of hydrogen-bond donors (Lipinski definition) is 1. The molecule has 1 saturated carbocycles. The van der Waals surface area contributed by atoms with E-state index in [0.717, 1.165) is 29.3 Å². The van der Waals surface area contributed by atoms with Crippen LogP contribution in [0.2, 0.25) is 0 Å². The summed E-state index contributed by atoms with van der Waals surface area (Å²) in [4.78, 5) is 0. The number of hydrogen-bond acceptors (Lipinski definition) is 1. The van der Waals surface area contributed by atoms with Crippen molar-refractivity contribution in [1.82, 2.24) is 0 Å². The molecule has 0 saturated heterocycles. The Morgan fingerprint density at radius 2 is 2.07 bits per heavy atom. The Balaban J connectivity index is 2.16. The summed E-state index contributed by atoms with van der Waals surface area (Å²) in [6.45, 7) is 0.209. The van der Waals surface area contributed by atoms with E-state index in [1.165, 1.54) is 6.07 Å². The minimum atomic E-state index is -0.219. The Morgan fingerprint density at radius 3 is 2.57 bits per heavy atom. The van der Waals surface area contributed by atoms with Gasteiger partial charge in [0.1, 0.15) is 5.82 Å². The number of aliphatic hydroxyl groups is 1. The van der Waals surface area contributed by atoms with E-state index < -0.39 is 0 Å². The van der Waals surface area contributed by atoms with Gasteiger partial charge in [-0.15, -0.1) is 0 Å². The first-order valence-electron chi connectivity index (χ1n) is 4.69. The Morgan fingerprint density at radius 1 is 1.36 bits per heavy atom. The van der Waals surface area contributed by atoms with E-state index in [-0.39, 0.29) is 17.8 Å². The monoisotopic (exact) mass is 258 g/mol. The molecule has 14 heavy (non-hydrogen) atoms. The fourth-order valence-electron chi connectivity index (χ4n) is 1.71. The molecule has 0 unspecified atom stereocenters. The van der Waals surface area contributed by atoms with Crippen molar-refractivity contribution in [2.45, 2.75) is 19.3 Å². The highest BCUT2D eigenvalue weighted by molar-refractivity contribution is 9.10. The summed E-state index contributed by atoms with van der Waals surface area (Å²) in [6.07, 6.45) is 2.88. The molecule has 0 heterocycles. The van der Waals surface area contributed by atoms with Gasteiger partial charge in [0.15, 0.2) is 0 Å². The summed E-state index contributed by atoms with van der Waals surface area (Å²) in [5.41, 5.74) is 1.01. The predicted molar refractivity (Wildman–Crippen MR) is 56.6 cm³/mol. The van der Waals surface area contributed by atoms with Crippen LogP contribution < -0.4 is 0 Å². The van der Waals surface area contributed by atoms with E-state index in [1.807, 2.05) is 6.07 Å². The Hall–Kier alpha value is -0.410. The molecule has 0 amide bonds. The largest absolute Gasteiger partial charge is 0.396 e. The van der Waals surface area contributed by atoms with Crippen molar-refractivity contribution in [2.75, 3.05) is 6.61 Å². The van der Waals surface area contributed by atoms with Gasteiger partial charge in [-0.3, -0.25) is 0 Å². The van der Waals surface area contributed by atoms with Crippen molar-refractivity contribution in [2.24, 2.45) is 5.41 Å². The molecule has 3 heteroatoms. The first kappa shape index (κ1) is 10.1. The Bertz CT molecular complexity index is 327. The number of halogens is 2. The van der Waals surface area contributed by atoms with Gasteiger partial charge in [-0.2, -0.15) is 0 Å². The third-order valence-corrected chi connectivity index (χ3v) is 3.25. The van der Waals surface area contributed by atoms with Gasteiger partial charge in [-0.25, -0.2) is 4.39 Å². The molecule has 1 aromatic rings. The Kier molecular flexibility index (Phi) is 2.62. The average Bonchev–Trinajstić information content (AvgIpc) is 2.83. The summed E-state index contributed by atoms with van der Waals surface area (Å²) < 4.78 is 13.8. The fourth-order valence-corrected chi connectivity index (χ4v) is 2.23. The van der Waals surface area contributed by atoms with Crippen LogP contribution in [0, 0.1) is 11.2 Å². The number of aliphatic hydroxyl groups excluding tert-OH is 1. The van der Waals surface area contributed by atoms with Crippen LogP contribution in [0.3, 0.4) is 0 Å². The molecule has 2 rings (SSSR count). The van der Waals surface area contributed by atoms with Crippen LogP contribution in [-0.4, -0.2) is 11.7 Å². The van der Waals surface area contributed by atoms with E-state index in [1.54, 1.807) is 6.07 Å². The first-order chi connectivity index (χ1) is 6.63. The third kappa shape index (κ3) is 2.15. The van der Waals surface area contributed by atoms with E-state index in [2.05, 4.69) is 15.9 Å². The lowest BCUT2D eigenvalue weighted by Crippen LogP contribution is -2.10. The number of rotatable bonds is 3. The quantitative estimate of drug-likeness (QED) is 0.884. The van der Waals surface area contributed by atoms with E-state index in [0.29, 0.717) is 0 Å². The van der Waals surface area contributed by atoms with Crippen molar-refractivity contribution in [1.29, 1.82) is 0 Å². The summed E-state index contributed by atoms with van der Waals surface area (Å²) in [5.74, 6) is -0.219. The van der Waals surface area contributed by atoms with Gasteiger partial charge < -0.3 is 5.11 Å². The molecule has 1 aromatic carbocycles. The van der Waals surface area contributed by atoms with E-state index >= 15 is 0 Å². The highest BCUT2D eigenvalue weighted by Crippen LogP contribution is 2.47. The maximum absolute atomic E-state index is 13.0. The molecule has 0 aromatic heterocycles. The van der Waals surface area contributed by atoms with Gasteiger partial charge in [0.25, 0.3) is 0 Å². The zero-order valence-corrected chi connectivity index (χ0v) is 9.35. The predicted octanol–water partition coefficient (Wildman–Crippen LogP) is 2.90. The Labute approximate surface area is 91.1 Å². The van der Waals surface area contributed by atoms with Crippen molar-refractivity contribution >= 4 is 15.9 Å². The lowest BCUT2D eigenvalue weighted by molar-refractivity contribution is 0.211. The zero-order valence-electron chi connectivity index (χ0n) is 7.76. The highest BCUT2D eigenvalue weighted by Gasteiger charge is 2.41. The van der Waals surface area contributed by atoms with Crippen LogP contribution in [0.15, 0.2) is 22.7 Å². The van der Waals surface area contributed by atoms with Crippen LogP contribution in [0.4, 0.5) is 4.39 Å². The smallest absolute Gasteiger partial charge is 0.124 e. The van der Waals surface area contributed by atoms with Crippen LogP contribution in [0.25, 0.3) is 0 Å². The highest BCUT2D eigenvalue weighted by atomic mass is 79.9. The molecular weight excluding hydrogens is 247 g/mol. The molecular formula is C11H12BrFO. The van der Waals surface area contributed by atoms with Gasteiger partial charge >= 0.3 is 0 Å². The standard InChI is InChI=1S/C11H12BrFO/c12-9-3-8(4-10(13)5-9)6-11(7-14)1-2-11/h3-5,14H,1-2,6-7H2. The van der Waals surface area contributed by atoms with Crippen LogP contribution >= 0.6 is 15.9 Å². The van der Waals surface area contributed by atoms with Gasteiger partial charge in [-0.1, -0.05) is 15.9 Å². The van der Waals surface area contributed by atoms with Crippen molar-refractivity contribution in [3.8, 4) is 0 Å². The third-order valence-electron chi connectivity index (χ3n) is 2.79. The molecule has 1 aliphatic carbocycles. The molecule has 76 valence electrons. The summed E-state index contributed by atoms with van der Waals surface area (Å²) >= 11 is 3.26. The lowest BCUT2D eigenvalue weighted by Gasteiger charge is -2.11. The first-order valence-corrected chi connectivity index (χ1v) is 5.49. The summed E-state index contributed by atoms with van der Waals surface area (Å²) in [5, 5.41) is 9.15. The normalized spacial score (nSPS) is 18.2. The van der Waals surface area contributed by atoms with Gasteiger partial charge in [0, 0.05) is 11.1 Å². The maximum atomic E-state index is 13.0. The molecule has 1 nitrogen and oxygen atoms in total. The fraction of sp³-hybridized carbons (Fsp3) is 0.455. The van der Waals surface area contributed by atoms with Crippen LogP contribution in [0.5, 0.6) is 0 Å². The molecule has 0 bridgehead atoms. The summed E-state index contributed by atoms with van der Waals surface area (Å²) in [7, 11) is 0. The van der Waals surface area contributed by atoms with Gasteiger partial charge in [0.2, 0.25) is 0 Å². The van der Waals surface area contributed by atoms with Crippen molar-refractivity contribution in [3.63, 3.8) is 0 Å². The minimum Gasteiger partial charge on any atom is -0.396 e.